The normalized spacial score (nSPS) is 13.5. The van der Waals surface area contributed by atoms with E-state index in [-0.39, 0.29) is 26.8 Å². The summed E-state index contributed by atoms with van der Waals surface area (Å²) in [5.41, 5.74) is 2.06. The minimum absolute atomic E-state index is 0.00907. The van der Waals surface area contributed by atoms with Crippen LogP contribution in [0, 0.1) is 0 Å². The van der Waals surface area contributed by atoms with Crippen molar-refractivity contribution in [2.75, 3.05) is 26.8 Å². The Kier molecular flexibility index (Phi) is 9.89. The molecule has 6 heteroatoms. The second-order valence-electron chi connectivity index (χ2n) is 5.68. The van der Waals surface area contributed by atoms with E-state index in [4.69, 9.17) is 18.9 Å². The molecule has 0 aliphatic carbocycles. The van der Waals surface area contributed by atoms with Crippen molar-refractivity contribution < 1.29 is 29.2 Å². The van der Waals surface area contributed by atoms with Crippen molar-refractivity contribution in [3.63, 3.8) is 0 Å². The van der Waals surface area contributed by atoms with Gasteiger partial charge in [0, 0.05) is 0 Å². The topological polar surface area (TPSA) is 77.4 Å². The zero-order valence-corrected chi connectivity index (χ0v) is 14.7. The van der Waals surface area contributed by atoms with E-state index in [9.17, 15) is 10.2 Å². The van der Waals surface area contributed by atoms with Gasteiger partial charge in [-0.05, 0) is 11.1 Å². The number of benzene rings is 2. The summed E-state index contributed by atoms with van der Waals surface area (Å²) in [6, 6.07) is 19.4. The summed E-state index contributed by atoms with van der Waals surface area (Å²) >= 11 is 0. The van der Waals surface area contributed by atoms with Crippen LogP contribution in [0.15, 0.2) is 60.7 Å². The van der Waals surface area contributed by atoms with Crippen LogP contribution in [0.3, 0.4) is 0 Å². The fourth-order valence-electron chi connectivity index (χ4n) is 2.29. The van der Waals surface area contributed by atoms with Gasteiger partial charge in [-0.15, -0.1) is 0 Å². The summed E-state index contributed by atoms with van der Waals surface area (Å²) in [5.74, 6) is 0. The molecule has 26 heavy (non-hydrogen) atoms. The first-order valence-electron chi connectivity index (χ1n) is 8.51. The maximum Gasteiger partial charge on any atom is 0.147 e. The summed E-state index contributed by atoms with van der Waals surface area (Å²) in [7, 11) is 0. The van der Waals surface area contributed by atoms with Crippen LogP contribution in [0.4, 0.5) is 0 Å². The highest BCUT2D eigenvalue weighted by molar-refractivity contribution is 5.13. The van der Waals surface area contributed by atoms with Gasteiger partial charge in [0.25, 0.3) is 0 Å². The number of hydrogen-bond acceptors (Lipinski definition) is 6. The van der Waals surface area contributed by atoms with E-state index >= 15 is 0 Å². The number of hydrogen-bond donors (Lipinski definition) is 2. The zero-order chi connectivity index (χ0) is 18.5. The van der Waals surface area contributed by atoms with Crippen molar-refractivity contribution >= 4 is 0 Å². The molecule has 0 saturated carbocycles. The van der Waals surface area contributed by atoms with Crippen LogP contribution in [0.25, 0.3) is 0 Å². The molecule has 2 atom stereocenters. The molecule has 0 aliphatic heterocycles. The minimum Gasteiger partial charge on any atom is -0.394 e. The van der Waals surface area contributed by atoms with Crippen molar-refractivity contribution in [2.45, 2.75) is 25.4 Å². The van der Waals surface area contributed by atoms with Gasteiger partial charge >= 0.3 is 0 Å². The average Bonchev–Trinajstić information content (AvgIpc) is 2.70. The monoisotopic (exact) mass is 362 g/mol. The third-order valence-electron chi connectivity index (χ3n) is 3.73. The Morgan fingerprint density at radius 3 is 1.35 bits per heavy atom. The molecule has 0 amide bonds. The summed E-state index contributed by atoms with van der Waals surface area (Å²) in [6.07, 6.45) is -1.40. The molecule has 2 aromatic carbocycles. The SMILES string of the molecule is OC[C@H](OCOCc1ccccc1)[C@@H](CO)OCOCc1ccccc1. The van der Waals surface area contributed by atoms with Gasteiger partial charge in [0.15, 0.2) is 0 Å². The number of aliphatic hydroxyl groups is 2. The fourth-order valence-corrected chi connectivity index (χ4v) is 2.29. The molecule has 142 valence electrons. The first-order valence-corrected chi connectivity index (χ1v) is 8.51. The Hall–Kier alpha value is -1.80. The van der Waals surface area contributed by atoms with Gasteiger partial charge in [0.2, 0.25) is 0 Å². The lowest BCUT2D eigenvalue weighted by molar-refractivity contribution is -0.189. The van der Waals surface area contributed by atoms with E-state index in [0.29, 0.717) is 13.2 Å². The molecule has 0 radical (unpaired) electrons. The quantitative estimate of drug-likeness (QED) is 0.420. The van der Waals surface area contributed by atoms with Gasteiger partial charge in [-0.1, -0.05) is 60.7 Å². The van der Waals surface area contributed by atoms with E-state index < -0.39 is 12.2 Å². The first-order chi connectivity index (χ1) is 12.8. The van der Waals surface area contributed by atoms with Gasteiger partial charge in [0.05, 0.1) is 26.4 Å². The Balaban J connectivity index is 1.64. The molecular weight excluding hydrogens is 336 g/mol. The van der Waals surface area contributed by atoms with E-state index in [1.807, 2.05) is 60.7 Å². The number of aliphatic hydroxyl groups excluding tert-OH is 2. The Morgan fingerprint density at radius 1 is 0.615 bits per heavy atom. The minimum atomic E-state index is -0.698. The van der Waals surface area contributed by atoms with Crippen LogP contribution in [0.5, 0.6) is 0 Å². The predicted molar refractivity (Wildman–Crippen MR) is 96.1 cm³/mol. The van der Waals surface area contributed by atoms with Crippen molar-refractivity contribution in [1.82, 2.24) is 0 Å². The third-order valence-corrected chi connectivity index (χ3v) is 3.73. The van der Waals surface area contributed by atoms with Crippen molar-refractivity contribution in [2.24, 2.45) is 0 Å². The van der Waals surface area contributed by atoms with Crippen molar-refractivity contribution in [3.8, 4) is 0 Å². The highest BCUT2D eigenvalue weighted by Crippen LogP contribution is 2.07. The molecule has 0 spiro atoms. The van der Waals surface area contributed by atoms with Crippen LogP contribution < -0.4 is 0 Å². The molecule has 2 rings (SSSR count). The molecule has 2 aromatic rings. The van der Waals surface area contributed by atoms with E-state index in [1.54, 1.807) is 0 Å². The van der Waals surface area contributed by atoms with Gasteiger partial charge in [0.1, 0.15) is 25.8 Å². The van der Waals surface area contributed by atoms with Crippen LogP contribution in [-0.2, 0) is 32.2 Å². The largest absolute Gasteiger partial charge is 0.394 e. The molecule has 0 aliphatic rings. The lowest BCUT2D eigenvalue weighted by atomic mass is 10.2. The van der Waals surface area contributed by atoms with Gasteiger partial charge in [-0.25, -0.2) is 0 Å². The smallest absolute Gasteiger partial charge is 0.147 e. The molecular formula is C20H26O6. The Bertz CT molecular complexity index is 524. The Morgan fingerprint density at radius 2 is 1.00 bits per heavy atom. The van der Waals surface area contributed by atoms with E-state index in [1.165, 1.54) is 0 Å². The summed E-state index contributed by atoms with van der Waals surface area (Å²) < 4.78 is 21.8. The average molecular weight is 362 g/mol. The van der Waals surface area contributed by atoms with E-state index in [2.05, 4.69) is 0 Å². The molecule has 0 heterocycles. The molecule has 0 fully saturated rings. The third kappa shape index (κ3) is 7.61. The summed E-state index contributed by atoms with van der Waals surface area (Å²) in [4.78, 5) is 0. The summed E-state index contributed by atoms with van der Waals surface area (Å²) in [6.45, 7) is 0.209. The lowest BCUT2D eigenvalue weighted by Crippen LogP contribution is -2.38. The summed E-state index contributed by atoms with van der Waals surface area (Å²) in [5, 5.41) is 18.9. The Labute approximate surface area is 153 Å². The standard InChI is InChI=1S/C20H26O6/c21-11-19(25-15-23-13-17-7-3-1-4-8-17)20(12-22)26-16-24-14-18-9-5-2-6-10-18/h1-10,19-22H,11-16H2/t19-,20+. The fraction of sp³-hybridized carbons (Fsp3) is 0.400. The highest BCUT2D eigenvalue weighted by Gasteiger charge is 2.22. The van der Waals surface area contributed by atoms with Crippen molar-refractivity contribution in [3.05, 3.63) is 71.8 Å². The second kappa shape index (κ2) is 12.5. The molecule has 0 aromatic heterocycles. The van der Waals surface area contributed by atoms with Gasteiger partial charge < -0.3 is 29.2 Å². The first kappa shape index (κ1) is 20.5. The van der Waals surface area contributed by atoms with Crippen LogP contribution in [-0.4, -0.2) is 49.2 Å². The molecule has 6 nitrogen and oxygen atoms in total. The maximum absolute atomic E-state index is 9.47. The van der Waals surface area contributed by atoms with Crippen LogP contribution >= 0.6 is 0 Å². The van der Waals surface area contributed by atoms with Crippen molar-refractivity contribution in [1.29, 1.82) is 0 Å². The molecule has 0 saturated heterocycles. The number of rotatable bonds is 13. The predicted octanol–water partition coefficient (Wildman–Crippen LogP) is 2.09. The molecule has 0 unspecified atom stereocenters. The molecule has 0 bridgehead atoms. The molecule has 2 N–H and O–H groups in total. The van der Waals surface area contributed by atoms with Crippen LogP contribution in [0.2, 0.25) is 0 Å². The van der Waals surface area contributed by atoms with Gasteiger partial charge in [-0.3, -0.25) is 0 Å². The maximum atomic E-state index is 9.47. The number of ether oxygens (including phenoxy) is 4. The lowest BCUT2D eigenvalue weighted by Gasteiger charge is -2.24. The van der Waals surface area contributed by atoms with Crippen LogP contribution in [0.1, 0.15) is 11.1 Å². The second-order valence-corrected chi connectivity index (χ2v) is 5.68. The van der Waals surface area contributed by atoms with E-state index in [0.717, 1.165) is 11.1 Å². The highest BCUT2D eigenvalue weighted by atomic mass is 16.7. The zero-order valence-electron chi connectivity index (χ0n) is 14.7. The van der Waals surface area contributed by atoms with Gasteiger partial charge in [-0.2, -0.15) is 0 Å².